The number of hydrogen-bond acceptors (Lipinski definition) is 4. The van der Waals surface area contributed by atoms with E-state index in [0.717, 1.165) is 64.2 Å². The summed E-state index contributed by atoms with van der Waals surface area (Å²) in [6.45, 7) is 7.83. The van der Waals surface area contributed by atoms with Crippen LogP contribution in [-0.2, 0) is 9.47 Å². The number of piperidine rings is 1. The second kappa shape index (κ2) is 7.05. The molecule has 3 rings (SSSR count). The van der Waals surface area contributed by atoms with Gasteiger partial charge in [-0.1, -0.05) is 0 Å². The van der Waals surface area contributed by atoms with Crippen molar-refractivity contribution in [2.24, 2.45) is 5.92 Å². The van der Waals surface area contributed by atoms with Gasteiger partial charge in [-0.25, -0.2) is 0 Å². The van der Waals surface area contributed by atoms with Gasteiger partial charge in [0.1, 0.15) is 0 Å². The van der Waals surface area contributed by atoms with Crippen LogP contribution < -0.4 is 0 Å². The lowest BCUT2D eigenvalue weighted by atomic mass is 9.78. The fourth-order valence-corrected chi connectivity index (χ4v) is 3.94. The Labute approximate surface area is 137 Å². The highest BCUT2D eigenvalue weighted by molar-refractivity contribution is 5.92. The van der Waals surface area contributed by atoms with Crippen LogP contribution in [0.4, 0.5) is 0 Å². The molecule has 128 valence electrons. The molecular formula is C18H27NO4. The fraction of sp³-hybridized carbons (Fsp3) is 0.722. The third kappa shape index (κ3) is 3.31. The van der Waals surface area contributed by atoms with Crippen LogP contribution in [0.2, 0.25) is 0 Å². The summed E-state index contributed by atoms with van der Waals surface area (Å²) in [6, 6.07) is 1.84. The maximum Gasteiger partial charge on any atom is 0.289 e. The maximum absolute atomic E-state index is 12.5. The second-order valence-corrected chi connectivity index (χ2v) is 6.61. The molecule has 0 aromatic carbocycles. The van der Waals surface area contributed by atoms with E-state index >= 15 is 0 Å². The van der Waals surface area contributed by atoms with Crippen molar-refractivity contribution in [3.05, 3.63) is 23.7 Å². The molecular weight excluding hydrogens is 294 g/mol. The molecule has 2 aliphatic rings. The Morgan fingerprint density at radius 2 is 2.22 bits per heavy atom. The van der Waals surface area contributed by atoms with Gasteiger partial charge in [-0.2, -0.15) is 0 Å². The largest absolute Gasteiger partial charge is 0.459 e. The molecule has 0 saturated carbocycles. The van der Waals surface area contributed by atoms with Crippen molar-refractivity contribution in [3.8, 4) is 0 Å². The zero-order chi connectivity index (χ0) is 16.3. The van der Waals surface area contributed by atoms with Gasteiger partial charge in [0.25, 0.3) is 5.91 Å². The van der Waals surface area contributed by atoms with Crippen LogP contribution in [0, 0.1) is 12.8 Å². The van der Waals surface area contributed by atoms with E-state index < -0.39 is 0 Å². The van der Waals surface area contributed by atoms with Gasteiger partial charge in [-0.15, -0.1) is 0 Å². The van der Waals surface area contributed by atoms with E-state index in [1.54, 1.807) is 6.26 Å². The SMILES string of the molecule is CCOCC[C@@H]1CCOC12CCN(C(=O)c1occc1C)CC2. The van der Waals surface area contributed by atoms with Crippen LogP contribution in [0.3, 0.4) is 0 Å². The molecule has 0 unspecified atom stereocenters. The number of nitrogens with zero attached hydrogens (tertiary/aromatic N) is 1. The van der Waals surface area contributed by atoms with Gasteiger partial charge in [0.15, 0.2) is 5.76 Å². The zero-order valence-corrected chi connectivity index (χ0v) is 14.2. The third-order valence-corrected chi connectivity index (χ3v) is 5.37. The van der Waals surface area contributed by atoms with E-state index in [1.165, 1.54) is 0 Å². The molecule has 0 radical (unpaired) electrons. The Morgan fingerprint density at radius 3 is 2.87 bits per heavy atom. The average Bonchev–Trinajstić information content (AvgIpc) is 3.15. The first-order valence-electron chi connectivity index (χ1n) is 8.71. The van der Waals surface area contributed by atoms with Gasteiger partial charge in [0, 0.05) is 38.5 Å². The van der Waals surface area contributed by atoms with E-state index in [9.17, 15) is 4.79 Å². The summed E-state index contributed by atoms with van der Waals surface area (Å²) in [6.07, 6.45) is 5.57. The Morgan fingerprint density at radius 1 is 1.43 bits per heavy atom. The van der Waals surface area contributed by atoms with Crippen molar-refractivity contribution in [2.45, 2.75) is 45.1 Å². The minimum Gasteiger partial charge on any atom is -0.459 e. The number of ether oxygens (including phenoxy) is 2. The summed E-state index contributed by atoms with van der Waals surface area (Å²) in [7, 11) is 0. The molecule has 1 aromatic heterocycles. The third-order valence-electron chi connectivity index (χ3n) is 5.37. The molecule has 0 aliphatic carbocycles. The maximum atomic E-state index is 12.5. The van der Waals surface area contributed by atoms with Gasteiger partial charge < -0.3 is 18.8 Å². The number of rotatable bonds is 5. The molecule has 23 heavy (non-hydrogen) atoms. The fourth-order valence-electron chi connectivity index (χ4n) is 3.94. The van der Waals surface area contributed by atoms with Crippen LogP contribution in [0.15, 0.2) is 16.7 Å². The highest BCUT2D eigenvalue weighted by atomic mass is 16.5. The number of hydrogen-bond donors (Lipinski definition) is 0. The number of likely N-dealkylation sites (tertiary alicyclic amines) is 1. The van der Waals surface area contributed by atoms with Gasteiger partial charge in [-0.05, 0) is 51.5 Å². The lowest BCUT2D eigenvalue weighted by Gasteiger charge is -2.42. The Kier molecular flexibility index (Phi) is 5.07. The second-order valence-electron chi connectivity index (χ2n) is 6.61. The normalized spacial score (nSPS) is 23.6. The first-order chi connectivity index (χ1) is 11.2. The Hall–Kier alpha value is -1.33. The first-order valence-corrected chi connectivity index (χ1v) is 8.71. The summed E-state index contributed by atoms with van der Waals surface area (Å²) in [5, 5.41) is 0. The molecule has 2 saturated heterocycles. The van der Waals surface area contributed by atoms with Crippen molar-refractivity contribution in [2.75, 3.05) is 32.9 Å². The summed E-state index contributed by atoms with van der Waals surface area (Å²) in [4.78, 5) is 14.4. The Bertz CT molecular complexity index is 531. The minimum absolute atomic E-state index is 0.00575. The Balaban J connectivity index is 1.59. The van der Waals surface area contributed by atoms with Crippen molar-refractivity contribution < 1.29 is 18.7 Å². The smallest absolute Gasteiger partial charge is 0.289 e. The first kappa shape index (κ1) is 16.5. The molecule has 0 N–H and O–H groups in total. The lowest BCUT2D eigenvalue weighted by molar-refractivity contribution is -0.0672. The number of carbonyl (C=O) groups excluding carboxylic acids is 1. The van der Waals surface area contributed by atoms with Gasteiger partial charge >= 0.3 is 0 Å². The molecule has 1 atom stereocenters. The number of aryl methyl sites for hydroxylation is 1. The van der Waals surface area contributed by atoms with Crippen LogP contribution in [0.5, 0.6) is 0 Å². The van der Waals surface area contributed by atoms with Gasteiger partial charge in [0.2, 0.25) is 0 Å². The van der Waals surface area contributed by atoms with E-state index in [1.807, 2.05) is 24.8 Å². The molecule has 5 heteroatoms. The molecule has 3 heterocycles. The summed E-state index contributed by atoms with van der Waals surface area (Å²) in [5.74, 6) is 1.03. The molecule has 5 nitrogen and oxygen atoms in total. The predicted molar refractivity (Wildman–Crippen MR) is 86.5 cm³/mol. The molecule has 1 aromatic rings. The monoisotopic (exact) mass is 321 g/mol. The highest BCUT2D eigenvalue weighted by Crippen LogP contribution is 2.42. The van der Waals surface area contributed by atoms with Gasteiger partial charge in [0.05, 0.1) is 11.9 Å². The topological polar surface area (TPSA) is 51.9 Å². The summed E-state index contributed by atoms with van der Waals surface area (Å²) >= 11 is 0. The predicted octanol–water partition coefficient (Wildman–Crippen LogP) is 3.03. The molecule has 0 bridgehead atoms. The van der Waals surface area contributed by atoms with Crippen molar-refractivity contribution in [1.29, 1.82) is 0 Å². The summed E-state index contributed by atoms with van der Waals surface area (Å²) in [5.41, 5.74) is 0.855. The minimum atomic E-state index is -0.0495. The van der Waals surface area contributed by atoms with E-state index in [-0.39, 0.29) is 11.5 Å². The van der Waals surface area contributed by atoms with Crippen LogP contribution in [0.25, 0.3) is 0 Å². The van der Waals surface area contributed by atoms with Gasteiger partial charge in [-0.3, -0.25) is 4.79 Å². The lowest BCUT2D eigenvalue weighted by Crippen LogP contribution is -2.49. The zero-order valence-electron chi connectivity index (χ0n) is 14.2. The quantitative estimate of drug-likeness (QED) is 0.782. The number of carbonyl (C=O) groups is 1. The molecule has 2 aliphatic heterocycles. The number of amides is 1. The van der Waals surface area contributed by atoms with Crippen LogP contribution in [0.1, 0.15) is 48.7 Å². The van der Waals surface area contributed by atoms with E-state index in [0.29, 0.717) is 11.7 Å². The number of furan rings is 1. The van der Waals surface area contributed by atoms with Crippen molar-refractivity contribution >= 4 is 5.91 Å². The standard InChI is InChI=1S/C18H27NO4/c1-3-21-11-5-15-6-13-23-18(15)7-9-19(10-8-18)17(20)16-14(2)4-12-22-16/h4,12,15H,3,5-11,13H2,1-2H3/t15-/m1/s1. The summed E-state index contributed by atoms with van der Waals surface area (Å²) < 4.78 is 17.0. The highest BCUT2D eigenvalue weighted by Gasteiger charge is 2.46. The van der Waals surface area contributed by atoms with E-state index in [4.69, 9.17) is 13.9 Å². The molecule has 2 fully saturated rings. The average molecular weight is 321 g/mol. The van der Waals surface area contributed by atoms with Crippen LogP contribution in [-0.4, -0.2) is 49.3 Å². The molecule has 1 spiro atoms. The van der Waals surface area contributed by atoms with Crippen LogP contribution >= 0.6 is 0 Å². The molecule has 1 amide bonds. The van der Waals surface area contributed by atoms with E-state index in [2.05, 4.69) is 0 Å². The van der Waals surface area contributed by atoms with Crippen molar-refractivity contribution in [3.63, 3.8) is 0 Å². The van der Waals surface area contributed by atoms with Crippen molar-refractivity contribution in [1.82, 2.24) is 4.90 Å².